The molecule has 2 aliphatic rings. The maximum Gasteiger partial charge on any atom is 0.126 e. The summed E-state index contributed by atoms with van der Waals surface area (Å²) in [6.07, 6.45) is 4.64. The Labute approximate surface area is 112 Å². The molecule has 1 aromatic carbocycles. The van der Waals surface area contributed by atoms with Crippen molar-refractivity contribution >= 4 is 0 Å². The third-order valence-corrected chi connectivity index (χ3v) is 3.84. The van der Waals surface area contributed by atoms with Crippen molar-refractivity contribution in [2.24, 2.45) is 0 Å². The Kier molecular flexibility index (Phi) is 3.16. The molecule has 2 fully saturated rings. The third kappa shape index (κ3) is 2.87. The van der Waals surface area contributed by atoms with Crippen molar-refractivity contribution < 1.29 is 9.13 Å². The normalized spacial score (nSPS) is 30.0. The Balaban J connectivity index is 1.63. The zero-order valence-corrected chi connectivity index (χ0v) is 10.7. The first-order valence-electron chi connectivity index (χ1n) is 6.80. The van der Waals surface area contributed by atoms with Crippen molar-refractivity contribution in [3.8, 4) is 11.8 Å². The molecule has 2 unspecified atom stereocenters. The number of benzene rings is 1. The van der Waals surface area contributed by atoms with Crippen LogP contribution in [0.15, 0.2) is 24.3 Å². The van der Waals surface area contributed by atoms with Gasteiger partial charge >= 0.3 is 0 Å². The van der Waals surface area contributed by atoms with E-state index in [2.05, 4.69) is 11.4 Å². The standard InChI is InChI=1S/C15H17FN2O/c16-11-2-1-3-13(8-11)19-14-6-7-15(9-14,10-17)18-12-4-5-12/h1-3,8,12,14,18H,4-7,9H2. The number of hydrogen-bond acceptors (Lipinski definition) is 3. The van der Waals surface area contributed by atoms with Gasteiger partial charge in [0.25, 0.3) is 0 Å². The van der Waals surface area contributed by atoms with Crippen molar-refractivity contribution in [1.29, 1.82) is 5.26 Å². The highest BCUT2D eigenvalue weighted by atomic mass is 19.1. The van der Waals surface area contributed by atoms with E-state index in [1.807, 2.05) is 0 Å². The summed E-state index contributed by atoms with van der Waals surface area (Å²) in [4.78, 5) is 0. The molecule has 3 rings (SSSR count). The minimum atomic E-state index is -0.445. The van der Waals surface area contributed by atoms with Crippen molar-refractivity contribution in [3.05, 3.63) is 30.1 Å². The second kappa shape index (κ2) is 4.82. The Morgan fingerprint density at radius 3 is 2.89 bits per heavy atom. The molecule has 2 saturated carbocycles. The van der Waals surface area contributed by atoms with Gasteiger partial charge in [-0.05, 0) is 37.8 Å². The lowest BCUT2D eigenvalue weighted by molar-refractivity contribution is 0.200. The van der Waals surface area contributed by atoms with E-state index < -0.39 is 5.54 Å². The van der Waals surface area contributed by atoms with Crippen LogP contribution in [-0.2, 0) is 0 Å². The van der Waals surface area contributed by atoms with Gasteiger partial charge in [-0.3, -0.25) is 5.32 Å². The van der Waals surface area contributed by atoms with Crippen LogP contribution in [0, 0.1) is 17.1 Å². The predicted octanol–water partition coefficient (Wildman–Crippen LogP) is 2.77. The zero-order valence-electron chi connectivity index (χ0n) is 10.7. The number of halogens is 1. The van der Waals surface area contributed by atoms with Crippen LogP contribution >= 0.6 is 0 Å². The first-order chi connectivity index (χ1) is 9.19. The van der Waals surface area contributed by atoms with Gasteiger partial charge < -0.3 is 4.74 Å². The number of hydrogen-bond donors (Lipinski definition) is 1. The van der Waals surface area contributed by atoms with E-state index in [0.717, 1.165) is 12.8 Å². The molecule has 19 heavy (non-hydrogen) atoms. The topological polar surface area (TPSA) is 45.0 Å². The van der Waals surface area contributed by atoms with Gasteiger partial charge in [0.15, 0.2) is 0 Å². The van der Waals surface area contributed by atoms with E-state index in [1.165, 1.54) is 25.0 Å². The number of ether oxygens (including phenoxy) is 1. The molecule has 0 radical (unpaired) electrons. The van der Waals surface area contributed by atoms with Gasteiger partial charge in [0.1, 0.15) is 23.2 Å². The number of nitriles is 1. The highest BCUT2D eigenvalue weighted by molar-refractivity contribution is 5.24. The minimum absolute atomic E-state index is 0.00676. The van der Waals surface area contributed by atoms with Crippen molar-refractivity contribution in [2.75, 3.05) is 0 Å². The van der Waals surface area contributed by atoms with E-state index in [4.69, 9.17) is 4.74 Å². The van der Waals surface area contributed by atoms with Gasteiger partial charge in [-0.15, -0.1) is 0 Å². The lowest BCUT2D eigenvalue weighted by Gasteiger charge is -2.22. The molecule has 0 aromatic heterocycles. The molecule has 4 heteroatoms. The molecule has 3 nitrogen and oxygen atoms in total. The quantitative estimate of drug-likeness (QED) is 0.905. The fraction of sp³-hybridized carbons (Fsp3) is 0.533. The van der Waals surface area contributed by atoms with Gasteiger partial charge in [0, 0.05) is 18.5 Å². The molecule has 1 aromatic rings. The van der Waals surface area contributed by atoms with Crippen LogP contribution in [0.25, 0.3) is 0 Å². The SMILES string of the molecule is N#CC1(NC2CC2)CCC(Oc2cccc(F)c2)C1. The zero-order chi connectivity index (χ0) is 13.3. The highest BCUT2D eigenvalue weighted by Gasteiger charge is 2.43. The summed E-state index contributed by atoms with van der Waals surface area (Å²) < 4.78 is 18.9. The van der Waals surface area contributed by atoms with Gasteiger partial charge in [0.05, 0.1) is 6.07 Å². The van der Waals surface area contributed by atoms with Crippen molar-refractivity contribution in [2.45, 2.75) is 49.8 Å². The number of nitrogens with one attached hydrogen (secondary N) is 1. The summed E-state index contributed by atoms with van der Waals surface area (Å²) in [5.41, 5.74) is -0.445. The molecule has 0 bridgehead atoms. The van der Waals surface area contributed by atoms with Gasteiger partial charge in [0.2, 0.25) is 0 Å². The van der Waals surface area contributed by atoms with Crippen LogP contribution in [0.5, 0.6) is 5.75 Å². The highest BCUT2D eigenvalue weighted by Crippen LogP contribution is 2.35. The fourth-order valence-electron chi connectivity index (χ4n) is 2.72. The van der Waals surface area contributed by atoms with Gasteiger partial charge in [-0.25, -0.2) is 4.39 Å². The monoisotopic (exact) mass is 260 g/mol. The molecule has 100 valence electrons. The van der Waals surface area contributed by atoms with Crippen LogP contribution in [0.4, 0.5) is 4.39 Å². The molecule has 0 saturated heterocycles. The Morgan fingerprint density at radius 1 is 1.37 bits per heavy atom. The smallest absolute Gasteiger partial charge is 0.126 e. The third-order valence-electron chi connectivity index (χ3n) is 3.84. The summed E-state index contributed by atoms with van der Waals surface area (Å²) >= 11 is 0. The van der Waals surface area contributed by atoms with E-state index in [0.29, 0.717) is 18.2 Å². The molecular formula is C15H17FN2O. The summed E-state index contributed by atoms with van der Waals surface area (Å²) in [6, 6.07) is 9.10. The van der Waals surface area contributed by atoms with Crippen LogP contribution in [0.2, 0.25) is 0 Å². The molecule has 2 aliphatic carbocycles. The van der Waals surface area contributed by atoms with Crippen LogP contribution in [0.1, 0.15) is 32.1 Å². The minimum Gasteiger partial charge on any atom is -0.490 e. The van der Waals surface area contributed by atoms with E-state index >= 15 is 0 Å². The lowest BCUT2D eigenvalue weighted by atomic mass is 9.99. The maximum absolute atomic E-state index is 13.1. The fourth-order valence-corrected chi connectivity index (χ4v) is 2.72. The molecular weight excluding hydrogens is 243 g/mol. The second-order valence-corrected chi connectivity index (χ2v) is 5.55. The van der Waals surface area contributed by atoms with Crippen molar-refractivity contribution in [3.63, 3.8) is 0 Å². The summed E-state index contributed by atoms with van der Waals surface area (Å²) in [7, 11) is 0. The van der Waals surface area contributed by atoms with E-state index in [9.17, 15) is 9.65 Å². The maximum atomic E-state index is 13.1. The van der Waals surface area contributed by atoms with E-state index in [-0.39, 0.29) is 11.9 Å². The summed E-state index contributed by atoms with van der Waals surface area (Å²) in [5, 5.41) is 12.8. The lowest BCUT2D eigenvalue weighted by Crippen LogP contribution is -2.43. The van der Waals surface area contributed by atoms with Gasteiger partial charge in [-0.2, -0.15) is 5.26 Å². The van der Waals surface area contributed by atoms with Crippen molar-refractivity contribution in [1.82, 2.24) is 5.32 Å². The number of nitrogens with zero attached hydrogens (tertiary/aromatic N) is 1. The van der Waals surface area contributed by atoms with E-state index in [1.54, 1.807) is 12.1 Å². The molecule has 0 spiro atoms. The Morgan fingerprint density at radius 2 is 2.21 bits per heavy atom. The average Bonchev–Trinajstić information content (AvgIpc) is 3.11. The van der Waals surface area contributed by atoms with Crippen LogP contribution in [0.3, 0.4) is 0 Å². The predicted molar refractivity (Wildman–Crippen MR) is 69.2 cm³/mol. The Hall–Kier alpha value is -1.60. The molecule has 2 atom stereocenters. The first-order valence-corrected chi connectivity index (χ1v) is 6.80. The largest absolute Gasteiger partial charge is 0.490 e. The van der Waals surface area contributed by atoms with Crippen LogP contribution in [-0.4, -0.2) is 17.7 Å². The first kappa shape index (κ1) is 12.4. The number of rotatable bonds is 4. The average molecular weight is 260 g/mol. The summed E-state index contributed by atoms with van der Waals surface area (Å²) in [6.45, 7) is 0. The molecule has 0 amide bonds. The molecule has 0 aliphatic heterocycles. The Bertz CT molecular complexity index is 509. The molecule has 1 N–H and O–H groups in total. The molecule has 0 heterocycles. The van der Waals surface area contributed by atoms with Gasteiger partial charge in [-0.1, -0.05) is 6.07 Å². The summed E-state index contributed by atoms with van der Waals surface area (Å²) in [5.74, 6) is 0.253. The van der Waals surface area contributed by atoms with Crippen LogP contribution < -0.4 is 10.1 Å². The second-order valence-electron chi connectivity index (χ2n) is 5.55.